The topological polar surface area (TPSA) is 38.3 Å². The first kappa shape index (κ1) is 9.68. The largest absolute Gasteiger partial charge is 0.364 e. The van der Waals surface area contributed by atoms with E-state index in [1.165, 1.54) is 0 Å². The summed E-state index contributed by atoms with van der Waals surface area (Å²) >= 11 is 0. The third-order valence-corrected chi connectivity index (χ3v) is 2.06. The molecule has 0 spiro atoms. The normalized spacial score (nSPS) is 30.6. The number of aldehydes is 1. The van der Waals surface area contributed by atoms with Gasteiger partial charge < -0.3 is 14.8 Å². The molecule has 0 saturated carbocycles. The van der Waals surface area contributed by atoms with Crippen LogP contribution in [0.3, 0.4) is 0 Å². The van der Waals surface area contributed by atoms with Crippen LogP contribution in [-0.4, -0.2) is 31.1 Å². The summed E-state index contributed by atoms with van der Waals surface area (Å²) < 4.78 is 5.60. The quantitative estimate of drug-likeness (QED) is 0.636. The van der Waals surface area contributed by atoms with Gasteiger partial charge in [0, 0.05) is 6.54 Å². The van der Waals surface area contributed by atoms with Crippen LogP contribution in [0.15, 0.2) is 0 Å². The van der Waals surface area contributed by atoms with Gasteiger partial charge in [-0.2, -0.15) is 0 Å². The Labute approximate surface area is 73.5 Å². The monoisotopic (exact) mass is 171 g/mol. The molecule has 1 atom stereocenters. The lowest BCUT2D eigenvalue weighted by atomic mass is 9.95. The van der Waals surface area contributed by atoms with Crippen LogP contribution in [0.25, 0.3) is 0 Å². The van der Waals surface area contributed by atoms with Gasteiger partial charge in [0.15, 0.2) is 6.29 Å². The molecule has 1 unspecified atom stereocenters. The van der Waals surface area contributed by atoms with E-state index in [0.29, 0.717) is 6.54 Å². The Hall–Kier alpha value is -0.410. The van der Waals surface area contributed by atoms with Gasteiger partial charge in [0.1, 0.15) is 5.60 Å². The first-order valence-electron chi connectivity index (χ1n) is 4.53. The van der Waals surface area contributed by atoms with E-state index in [9.17, 15) is 4.79 Å². The number of carbonyl (C=O) groups excluding carboxylic acids is 1. The Morgan fingerprint density at radius 3 is 2.75 bits per heavy atom. The smallest absolute Gasteiger partial charge is 0.153 e. The Morgan fingerprint density at radius 2 is 2.33 bits per heavy atom. The van der Waals surface area contributed by atoms with Crippen LogP contribution in [-0.2, 0) is 9.53 Å². The predicted octanol–water partition coefficient (Wildman–Crippen LogP) is 0.732. The molecular weight excluding hydrogens is 154 g/mol. The fourth-order valence-electron chi connectivity index (χ4n) is 1.60. The van der Waals surface area contributed by atoms with Gasteiger partial charge >= 0.3 is 0 Å². The van der Waals surface area contributed by atoms with Crippen molar-refractivity contribution in [3.8, 4) is 0 Å². The van der Waals surface area contributed by atoms with E-state index in [4.69, 9.17) is 4.74 Å². The number of rotatable bonds is 3. The molecule has 1 rings (SSSR count). The molecule has 0 radical (unpaired) electrons. The fraction of sp³-hybridized carbons (Fsp3) is 0.889. The third-order valence-electron chi connectivity index (χ3n) is 2.06. The molecule has 1 saturated heterocycles. The Balaban J connectivity index is 2.53. The van der Waals surface area contributed by atoms with Gasteiger partial charge in [0.05, 0.1) is 6.10 Å². The summed E-state index contributed by atoms with van der Waals surface area (Å²) in [7, 11) is 0. The lowest BCUT2D eigenvalue weighted by Gasteiger charge is -2.34. The zero-order chi connectivity index (χ0) is 9.03. The zero-order valence-corrected chi connectivity index (χ0v) is 7.80. The summed E-state index contributed by atoms with van der Waals surface area (Å²) in [5.41, 5.74) is -0.549. The Bertz CT molecular complexity index is 151. The molecule has 1 aliphatic rings. The lowest BCUT2D eigenvalue weighted by molar-refractivity contribution is -0.140. The van der Waals surface area contributed by atoms with Crippen molar-refractivity contribution in [1.29, 1.82) is 0 Å². The van der Waals surface area contributed by atoms with E-state index in [-0.39, 0.29) is 6.10 Å². The highest BCUT2D eigenvalue weighted by Gasteiger charge is 2.33. The third kappa shape index (κ3) is 2.29. The minimum absolute atomic E-state index is 0.120. The van der Waals surface area contributed by atoms with Gasteiger partial charge in [-0.05, 0) is 33.2 Å². The van der Waals surface area contributed by atoms with E-state index in [1.54, 1.807) is 0 Å². The minimum Gasteiger partial charge on any atom is -0.364 e. The van der Waals surface area contributed by atoms with Crippen molar-refractivity contribution in [3.05, 3.63) is 0 Å². The number of piperidine rings is 1. The van der Waals surface area contributed by atoms with E-state index < -0.39 is 5.60 Å². The number of hydrogen-bond acceptors (Lipinski definition) is 3. The van der Waals surface area contributed by atoms with Gasteiger partial charge in [-0.3, -0.25) is 0 Å². The van der Waals surface area contributed by atoms with Gasteiger partial charge in [0.25, 0.3) is 0 Å². The minimum atomic E-state index is -0.549. The van der Waals surface area contributed by atoms with Gasteiger partial charge in [-0.1, -0.05) is 0 Å². The molecule has 1 aliphatic heterocycles. The highest BCUT2D eigenvalue weighted by Crippen LogP contribution is 2.19. The first-order chi connectivity index (χ1) is 5.68. The van der Waals surface area contributed by atoms with Gasteiger partial charge in [-0.25, -0.2) is 0 Å². The maximum Gasteiger partial charge on any atom is 0.153 e. The first-order valence-corrected chi connectivity index (χ1v) is 4.53. The maximum atomic E-state index is 10.9. The highest BCUT2D eigenvalue weighted by molar-refractivity contribution is 5.63. The summed E-state index contributed by atoms with van der Waals surface area (Å²) in [6, 6.07) is 0. The predicted molar refractivity (Wildman–Crippen MR) is 47.1 cm³/mol. The second kappa shape index (κ2) is 4.01. The van der Waals surface area contributed by atoms with Crippen molar-refractivity contribution in [1.82, 2.24) is 5.32 Å². The second-order valence-electron chi connectivity index (χ2n) is 3.63. The molecule has 0 aliphatic carbocycles. The van der Waals surface area contributed by atoms with Crippen LogP contribution in [0.1, 0.15) is 26.7 Å². The second-order valence-corrected chi connectivity index (χ2v) is 3.63. The maximum absolute atomic E-state index is 10.9. The molecule has 3 heteroatoms. The lowest BCUT2D eigenvalue weighted by Crippen LogP contribution is -2.50. The summed E-state index contributed by atoms with van der Waals surface area (Å²) in [4.78, 5) is 10.9. The average Bonchev–Trinajstić information content (AvgIpc) is 2.05. The molecule has 0 bridgehead atoms. The molecule has 0 aromatic heterocycles. The molecule has 1 N–H and O–H groups in total. The van der Waals surface area contributed by atoms with Crippen LogP contribution < -0.4 is 5.32 Å². The molecule has 0 aromatic carbocycles. The van der Waals surface area contributed by atoms with Crippen molar-refractivity contribution in [3.63, 3.8) is 0 Å². The Kier molecular flexibility index (Phi) is 3.23. The van der Waals surface area contributed by atoms with Crippen LogP contribution >= 0.6 is 0 Å². The highest BCUT2D eigenvalue weighted by atomic mass is 16.5. The van der Waals surface area contributed by atoms with Crippen LogP contribution in [0.2, 0.25) is 0 Å². The molecule has 1 fully saturated rings. The van der Waals surface area contributed by atoms with E-state index >= 15 is 0 Å². The molecule has 3 nitrogen and oxygen atoms in total. The molecular formula is C9H17NO2. The van der Waals surface area contributed by atoms with E-state index in [2.05, 4.69) is 5.32 Å². The number of ether oxygens (including phenoxy) is 1. The summed E-state index contributed by atoms with van der Waals surface area (Å²) in [5.74, 6) is 0. The summed E-state index contributed by atoms with van der Waals surface area (Å²) in [5, 5.41) is 3.18. The molecule has 70 valence electrons. The number of carbonyl (C=O) groups is 1. The summed E-state index contributed by atoms with van der Waals surface area (Å²) in [6.07, 6.45) is 2.93. The van der Waals surface area contributed by atoms with Crippen molar-refractivity contribution >= 4 is 6.29 Å². The zero-order valence-electron chi connectivity index (χ0n) is 7.80. The molecule has 1 heterocycles. The number of nitrogens with one attached hydrogen (secondary N) is 1. The Morgan fingerprint density at radius 1 is 1.58 bits per heavy atom. The van der Waals surface area contributed by atoms with Crippen molar-refractivity contribution in [2.45, 2.75) is 38.4 Å². The van der Waals surface area contributed by atoms with Crippen LogP contribution in [0, 0.1) is 0 Å². The van der Waals surface area contributed by atoms with Crippen LogP contribution in [0.4, 0.5) is 0 Å². The van der Waals surface area contributed by atoms with Crippen molar-refractivity contribution in [2.24, 2.45) is 0 Å². The van der Waals surface area contributed by atoms with Crippen molar-refractivity contribution < 1.29 is 9.53 Å². The van der Waals surface area contributed by atoms with E-state index in [1.807, 2.05) is 13.8 Å². The molecule has 0 amide bonds. The van der Waals surface area contributed by atoms with Gasteiger partial charge in [0.2, 0.25) is 0 Å². The molecule has 12 heavy (non-hydrogen) atoms. The molecule has 0 aromatic rings. The van der Waals surface area contributed by atoms with Gasteiger partial charge in [-0.15, -0.1) is 0 Å². The van der Waals surface area contributed by atoms with Crippen LogP contribution in [0.5, 0.6) is 0 Å². The SMILES string of the molecule is CC(C)OC1(C=O)CCCNC1. The standard InChI is InChI=1S/C9H17NO2/c1-8(2)12-9(7-11)4-3-5-10-6-9/h7-8,10H,3-6H2,1-2H3. The van der Waals surface area contributed by atoms with E-state index in [0.717, 1.165) is 25.7 Å². The number of hydrogen-bond donors (Lipinski definition) is 1. The average molecular weight is 171 g/mol. The van der Waals surface area contributed by atoms with Crippen molar-refractivity contribution in [2.75, 3.05) is 13.1 Å². The fourth-order valence-corrected chi connectivity index (χ4v) is 1.60. The summed E-state index contributed by atoms with van der Waals surface area (Å²) in [6.45, 7) is 5.57.